The van der Waals surface area contributed by atoms with E-state index >= 15 is 0 Å². The third-order valence-corrected chi connectivity index (χ3v) is 2.24. The Hall–Kier alpha value is -1.96. The number of aryl methyl sites for hydroxylation is 1. The maximum absolute atomic E-state index is 13.3. The maximum Gasteiger partial charge on any atom is 0.254 e. The van der Waals surface area contributed by atoms with Gasteiger partial charge in [0.1, 0.15) is 11.6 Å². The molecule has 0 aromatic heterocycles. The first kappa shape index (κ1) is 13.1. The van der Waals surface area contributed by atoms with E-state index in [1.54, 1.807) is 0 Å². The monoisotopic (exact) mass is 238 g/mol. The lowest BCUT2D eigenvalue weighted by atomic mass is 10.1. The number of amides is 1. The van der Waals surface area contributed by atoms with Crippen molar-refractivity contribution < 1.29 is 13.6 Å². The van der Waals surface area contributed by atoms with E-state index < -0.39 is 17.5 Å². The highest BCUT2D eigenvalue weighted by atomic mass is 19.1. The van der Waals surface area contributed by atoms with E-state index in [1.165, 1.54) is 13.0 Å². The molecule has 0 bridgehead atoms. The Balaban J connectivity index is 2.70. The van der Waals surface area contributed by atoms with Gasteiger partial charge in [0.25, 0.3) is 5.91 Å². The third kappa shape index (κ3) is 3.52. The van der Waals surface area contributed by atoms with E-state index in [4.69, 9.17) is 5.26 Å². The van der Waals surface area contributed by atoms with Crippen LogP contribution in [0.15, 0.2) is 12.1 Å². The van der Waals surface area contributed by atoms with Crippen LogP contribution in [-0.4, -0.2) is 12.5 Å². The number of halogens is 2. The third-order valence-electron chi connectivity index (χ3n) is 2.24. The normalized spacial score (nSPS) is 9.76. The lowest BCUT2D eigenvalue weighted by Crippen LogP contribution is -2.25. The molecule has 0 spiro atoms. The van der Waals surface area contributed by atoms with Gasteiger partial charge in [-0.3, -0.25) is 4.79 Å². The van der Waals surface area contributed by atoms with Crippen LogP contribution in [0, 0.1) is 29.9 Å². The number of nitriles is 1. The van der Waals surface area contributed by atoms with Crippen LogP contribution >= 0.6 is 0 Å². The maximum atomic E-state index is 13.3. The second-order valence-corrected chi connectivity index (χ2v) is 3.60. The second kappa shape index (κ2) is 5.94. The van der Waals surface area contributed by atoms with Crippen LogP contribution in [0.25, 0.3) is 0 Å². The van der Waals surface area contributed by atoms with Gasteiger partial charge in [-0.15, -0.1) is 0 Å². The van der Waals surface area contributed by atoms with Gasteiger partial charge in [-0.25, -0.2) is 8.78 Å². The minimum atomic E-state index is -0.883. The number of carbonyl (C=O) groups excluding carboxylic acids is 1. The van der Waals surface area contributed by atoms with Crippen molar-refractivity contribution in [3.05, 3.63) is 34.9 Å². The summed E-state index contributed by atoms with van der Waals surface area (Å²) in [5, 5.41) is 10.8. The first-order chi connectivity index (χ1) is 8.06. The molecule has 17 heavy (non-hydrogen) atoms. The van der Waals surface area contributed by atoms with E-state index in [0.29, 0.717) is 25.5 Å². The Morgan fingerprint density at radius 2 is 2.12 bits per heavy atom. The number of unbranched alkanes of at least 4 members (excludes halogenated alkanes) is 1. The average molecular weight is 238 g/mol. The smallest absolute Gasteiger partial charge is 0.254 e. The van der Waals surface area contributed by atoms with Crippen molar-refractivity contribution in [3.8, 4) is 6.07 Å². The summed E-state index contributed by atoms with van der Waals surface area (Å²) in [4.78, 5) is 11.5. The highest BCUT2D eigenvalue weighted by Crippen LogP contribution is 2.13. The number of carbonyl (C=O) groups is 1. The van der Waals surface area contributed by atoms with Crippen LogP contribution < -0.4 is 5.32 Å². The minimum absolute atomic E-state index is 0.180. The zero-order valence-corrected chi connectivity index (χ0v) is 9.39. The van der Waals surface area contributed by atoms with Crippen LogP contribution in [0.2, 0.25) is 0 Å². The van der Waals surface area contributed by atoms with Gasteiger partial charge in [-0.2, -0.15) is 5.26 Å². The summed E-state index contributed by atoms with van der Waals surface area (Å²) in [5.74, 6) is -2.15. The molecule has 3 nitrogen and oxygen atoms in total. The van der Waals surface area contributed by atoms with Gasteiger partial charge >= 0.3 is 0 Å². The van der Waals surface area contributed by atoms with Gasteiger partial charge in [-0.05, 0) is 25.0 Å². The van der Waals surface area contributed by atoms with Gasteiger partial charge < -0.3 is 5.32 Å². The SMILES string of the molecule is Cc1cc(C(=O)NCCCC#N)c(F)cc1F. The standard InChI is InChI=1S/C12H12F2N2O/c1-8-6-9(11(14)7-10(8)13)12(17)16-5-3-2-4-15/h6-7H,2-3,5H2,1H3,(H,16,17). The zero-order chi connectivity index (χ0) is 12.8. The van der Waals surface area contributed by atoms with Crippen molar-refractivity contribution in [3.63, 3.8) is 0 Å². The molecule has 0 aliphatic heterocycles. The molecule has 1 N–H and O–H groups in total. The van der Waals surface area contributed by atoms with Crippen molar-refractivity contribution in [1.82, 2.24) is 5.32 Å². The summed E-state index contributed by atoms with van der Waals surface area (Å²) in [6, 6.07) is 3.80. The van der Waals surface area contributed by atoms with Crippen LogP contribution in [0.5, 0.6) is 0 Å². The average Bonchev–Trinajstić information content (AvgIpc) is 2.29. The summed E-state index contributed by atoms with van der Waals surface area (Å²) in [6.45, 7) is 1.75. The molecule has 0 fully saturated rings. The highest BCUT2D eigenvalue weighted by Gasteiger charge is 2.13. The summed E-state index contributed by atoms with van der Waals surface area (Å²) in [6.07, 6.45) is 0.829. The van der Waals surface area contributed by atoms with E-state index in [1.807, 2.05) is 6.07 Å². The van der Waals surface area contributed by atoms with E-state index in [0.717, 1.165) is 0 Å². The second-order valence-electron chi connectivity index (χ2n) is 3.60. The van der Waals surface area contributed by atoms with Crippen molar-refractivity contribution in [2.45, 2.75) is 19.8 Å². The molecule has 0 aliphatic carbocycles. The number of nitrogens with one attached hydrogen (secondary N) is 1. The zero-order valence-electron chi connectivity index (χ0n) is 9.39. The Bertz CT molecular complexity index is 466. The summed E-state index contributed by atoms with van der Waals surface area (Å²) in [5.41, 5.74) is 0.0365. The predicted octanol–water partition coefficient (Wildman–Crippen LogP) is 2.31. The molecule has 0 unspecified atom stereocenters. The Morgan fingerprint density at radius 1 is 1.41 bits per heavy atom. The van der Waals surface area contributed by atoms with Crippen LogP contribution in [0.4, 0.5) is 8.78 Å². The van der Waals surface area contributed by atoms with Gasteiger partial charge in [0.15, 0.2) is 0 Å². The van der Waals surface area contributed by atoms with Crippen molar-refractivity contribution >= 4 is 5.91 Å². The number of rotatable bonds is 4. The first-order valence-electron chi connectivity index (χ1n) is 5.17. The summed E-state index contributed by atoms with van der Waals surface area (Å²) >= 11 is 0. The molecule has 0 radical (unpaired) electrons. The molecular formula is C12H12F2N2O. The van der Waals surface area contributed by atoms with Crippen LogP contribution in [-0.2, 0) is 0 Å². The van der Waals surface area contributed by atoms with Crippen LogP contribution in [0.1, 0.15) is 28.8 Å². The predicted molar refractivity (Wildman–Crippen MR) is 58.3 cm³/mol. The van der Waals surface area contributed by atoms with Gasteiger partial charge in [0.05, 0.1) is 11.6 Å². The lowest BCUT2D eigenvalue weighted by molar-refractivity contribution is 0.0949. The van der Waals surface area contributed by atoms with Crippen LogP contribution in [0.3, 0.4) is 0 Å². The van der Waals surface area contributed by atoms with E-state index in [-0.39, 0.29) is 11.1 Å². The molecule has 1 amide bonds. The topological polar surface area (TPSA) is 52.9 Å². The molecule has 90 valence electrons. The summed E-state index contributed by atoms with van der Waals surface area (Å²) < 4.78 is 26.3. The van der Waals surface area contributed by atoms with E-state index in [9.17, 15) is 13.6 Å². The fourth-order valence-corrected chi connectivity index (χ4v) is 1.30. The van der Waals surface area contributed by atoms with E-state index in [2.05, 4.69) is 5.32 Å². The molecule has 0 saturated heterocycles. The molecule has 1 aromatic carbocycles. The van der Waals surface area contributed by atoms with Crippen molar-refractivity contribution in [2.24, 2.45) is 0 Å². The molecule has 5 heteroatoms. The molecule has 1 rings (SSSR count). The lowest BCUT2D eigenvalue weighted by Gasteiger charge is -2.06. The molecule has 0 aliphatic rings. The van der Waals surface area contributed by atoms with Gasteiger partial charge in [0.2, 0.25) is 0 Å². The van der Waals surface area contributed by atoms with Gasteiger partial charge in [-0.1, -0.05) is 0 Å². The number of hydrogen-bond donors (Lipinski definition) is 1. The van der Waals surface area contributed by atoms with Crippen molar-refractivity contribution in [1.29, 1.82) is 5.26 Å². The quantitative estimate of drug-likeness (QED) is 0.818. The fourth-order valence-electron chi connectivity index (χ4n) is 1.30. The Kier molecular flexibility index (Phi) is 4.58. The minimum Gasteiger partial charge on any atom is -0.352 e. The molecule has 0 heterocycles. The van der Waals surface area contributed by atoms with Crippen molar-refractivity contribution in [2.75, 3.05) is 6.54 Å². The van der Waals surface area contributed by atoms with Gasteiger partial charge in [0, 0.05) is 19.0 Å². The Labute approximate surface area is 98.1 Å². The molecule has 1 aromatic rings. The molecule has 0 atom stereocenters. The Morgan fingerprint density at radius 3 is 2.76 bits per heavy atom. The number of benzene rings is 1. The number of hydrogen-bond acceptors (Lipinski definition) is 2. The summed E-state index contributed by atoms with van der Waals surface area (Å²) in [7, 11) is 0. The largest absolute Gasteiger partial charge is 0.352 e. The molecule has 0 saturated carbocycles. The fraction of sp³-hybridized carbons (Fsp3) is 0.333. The number of nitrogens with zero attached hydrogens (tertiary/aromatic N) is 1. The highest BCUT2D eigenvalue weighted by molar-refractivity contribution is 5.94. The molecular weight excluding hydrogens is 226 g/mol. The first-order valence-corrected chi connectivity index (χ1v) is 5.17.